The summed E-state index contributed by atoms with van der Waals surface area (Å²) in [5, 5.41) is 9.32. The second kappa shape index (κ2) is 4.62. The van der Waals surface area contributed by atoms with Crippen LogP contribution < -0.4 is 0 Å². The summed E-state index contributed by atoms with van der Waals surface area (Å²) in [6, 6.07) is 6.19. The van der Waals surface area contributed by atoms with Crippen LogP contribution in [0.1, 0.15) is 17.3 Å². The molecule has 0 aromatic heterocycles. The van der Waals surface area contributed by atoms with Crippen LogP contribution in [-0.4, -0.2) is 24.5 Å². The highest BCUT2D eigenvalue weighted by Crippen LogP contribution is 2.17. The van der Waals surface area contributed by atoms with E-state index in [9.17, 15) is 9.90 Å². The quantitative estimate of drug-likeness (QED) is 0.588. The Morgan fingerprint density at radius 3 is 2.64 bits per heavy atom. The average Bonchev–Trinajstić information content (AvgIpc) is 2.18. The van der Waals surface area contributed by atoms with E-state index in [0.29, 0.717) is 0 Å². The summed E-state index contributed by atoms with van der Waals surface area (Å²) >= 11 is 0. The third-order valence-electron chi connectivity index (χ3n) is 1.73. The van der Waals surface area contributed by atoms with E-state index in [1.807, 2.05) is 0 Å². The lowest BCUT2D eigenvalue weighted by molar-refractivity contribution is -0.0774. The fraction of sp³-hybridized carbons (Fsp3) is 0.300. The second-order valence-electron chi connectivity index (χ2n) is 2.73. The number of phenols is 1. The van der Waals surface area contributed by atoms with Gasteiger partial charge >= 0.3 is 5.97 Å². The van der Waals surface area contributed by atoms with Gasteiger partial charge in [-0.25, -0.2) is 4.79 Å². The lowest BCUT2D eigenvalue weighted by atomic mass is 10.2. The zero-order valence-electron chi connectivity index (χ0n) is 8.06. The van der Waals surface area contributed by atoms with Crippen molar-refractivity contribution in [3.05, 3.63) is 29.8 Å². The normalized spacial score (nSPS) is 12.1. The molecule has 0 heterocycles. The second-order valence-corrected chi connectivity index (χ2v) is 2.73. The maximum absolute atomic E-state index is 11.4. The Bertz CT molecular complexity index is 322. The molecule has 1 unspecified atom stereocenters. The van der Waals surface area contributed by atoms with E-state index in [1.165, 1.54) is 19.2 Å². The van der Waals surface area contributed by atoms with Crippen molar-refractivity contribution in [2.75, 3.05) is 7.11 Å². The first kappa shape index (κ1) is 10.5. The van der Waals surface area contributed by atoms with E-state index in [4.69, 9.17) is 9.47 Å². The average molecular weight is 196 g/mol. The SMILES string of the molecule is COC(C)OC(=O)c1ccccc1O. The Kier molecular flexibility index (Phi) is 3.48. The van der Waals surface area contributed by atoms with Crippen LogP contribution in [0.4, 0.5) is 0 Å². The monoisotopic (exact) mass is 196 g/mol. The maximum Gasteiger partial charge on any atom is 0.344 e. The van der Waals surface area contributed by atoms with Crippen LogP contribution in [0.2, 0.25) is 0 Å². The minimum atomic E-state index is -0.623. The Morgan fingerprint density at radius 1 is 1.43 bits per heavy atom. The summed E-state index contributed by atoms with van der Waals surface area (Å²) in [5.41, 5.74) is 0.136. The number of carbonyl (C=O) groups is 1. The molecule has 0 saturated heterocycles. The summed E-state index contributed by atoms with van der Waals surface area (Å²) in [4.78, 5) is 11.4. The Balaban J connectivity index is 2.75. The van der Waals surface area contributed by atoms with Crippen LogP contribution >= 0.6 is 0 Å². The molecule has 0 fully saturated rings. The molecule has 76 valence electrons. The predicted molar refractivity (Wildman–Crippen MR) is 50.0 cm³/mol. The maximum atomic E-state index is 11.4. The molecule has 1 rings (SSSR count). The van der Waals surface area contributed by atoms with Gasteiger partial charge in [-0.3, -0.25) is 0 Å². The van der Waals surface area contributed by atoms with Crippen LogP contribution in [0.3, 0.4) is 0 Å². The molecule has 4 heteroatoms. The van der Waals surface area contributed by atoms with Crippen LogP contribution in [0, 0.1) is 0 Å². The van der Waals surface area contributed by atoms with Gasteiger partial charge in [-0.15, -0.1) is 0 Å². The number of benzene rings is 1. The number of rotatable bonds is 3. The zero-order chi connectivity index (χ0) is 10.6. The van der Waals surface area contributed by atoms with Gasteiger partial charge in [0, 0.05) is 7.11 Å². The van der Waals surface area contributed by atoms with Crippen molar-refractivity contribution in [3.63, 3.8) is 0 Å². The minimum Gasteiger partial charge on any atom is -0.507 e. The van der Waals surface area contributed by atoms with Gasteiger partial charge in [-0.2, -0.15) is 0 Å². The lowest BCUT2D eigenvalue weighted by Crippen LogP contribution is -2.16. The number of aromatic hydroxyl groups is 1. The standard InChI is InChI=1S/C10H12O4/c1-7(13-2)14-10(12)8-5-3-4-6-9(8)11/h3-7,11H,1-2H3. The summed E-state index contributed by atoms with van der Waals surface area (Å²) in [6.45, 7) is 1.60. The van der Waals surface area contributed by atoms with Crippen molar-refractivity contribution in [2.24, 2.45) is 0 Å². The van der Waals surface area contributed by atoms with Gasteiger partial charge in [0.1, 0.15) is 11.3 Å². The van der Waals surface area contributed by atoms with E-state index in [2.05, 4.69) is 0 Å². The largest absolute Gasteiger partial charge is 0.507 e. The Labute approximate surface area is 82.1 Å². The third kappa shape index (κ3) is 2.47. The number of hydrogen-bond donors (Lipinski definition) is 1. The van der Waals surface area contributed by atoms with Gasteiger partial charge in [-0.05, 0) is 19.1 Å². The van der Waals surface area contributed by atoms with E-state index in [0.717, 1.165) is 0 Å². The van der Waals surface area contributed by atoms with Gasteiger partial charge in [-0.1, -0.05) is 12.1 Å². The van der Waals surface area contributed by atoms with Crippen molar-refractivity contribution in [1.82, 2.24) is 0 Å². The molecule has 0 aliphatic rings. The number of carbonyl (C=O) groups excluding carboxylic acids is 1. The van der Waals surface area contributed by atoms with Crippen LogP contribution in [0.25, 0.3) is 0 Å². The van der Waals surface area contributed by atoms with Crippen molar-refractivity contribution in [3.8, 4) is 5.75 Å². The van der Waals surface area contributed by atoms with Crippen LogP contribution in [0.5, 0.6) is 5.75 Å². The summed E-state index contributed by atoms with van der Waals surface area (Å²) in [5.74, 6) is -0.696. The van der Waals surface area contributed by atoms with Crippen LogP contribution in [0.15, 0.2) is 24.3 Å². The Morgan fingerprint density at radius 2 is 2.07 bits per heavy atom. The predicted octanol–water partition coefficient (Wildman–Crippen LogP) is 1.54. The highest BCUT2D eigenvalue weighted by molar-refractivity contribution is 5.92. The molecule has 4 nitrogen and oxygen atoms in total. The molecule has 0 saturated carbocycles. The third-order valence-corrected chi connectivity index (χ3v) is 1.73. The minimum absolute atomic E-state index is 0.0965. The van der Waals surface area contributed by atoms with Crippen molar-refractivity contribution < 1.29 is 19.4 Å². The molecule has 1 aromatic carbocycles. The number of ether oxygens (including phenoxy) is 2. The molecule has 0 amide bonds. The first-order chi connectivity index (χ1) is 6.65. The molecule has 1 atom stereocenters. The van der Waals surface area contributed by atoms with Gasteiger partial charge in [0.15, 0.2) is 6.29 Å². The number of phenolic OH excluding ortho intramolecular Hbond substituents is 1. The van der Waals surface area contributed by atoms with E-state index < -0.39 is 12.3 Å². The van der Waals surface area contributed by atoms with E-state index >= 15 is 0 Å². The molecule has 1 N–H and O–H groups in total. The van der Waals surface area contributed by atoms with Crippen molar-refractivity contribution in [2.45, 2.75) is 13.2 Å². The molecule has 0 aliphatic heterocycles. The summed E-state index contributed by atoms with van der Waals surface area (Å²) in [7, 11) is 1.43. The molecule has 0 spiro atoms. The topological polar surface area (TPSA) is 55.8 Å². The lowest BCUT2D eigenvalue weighted by Gasteiger charge is -2.11. The van der Waals surface area contributed by atoms with Gasteiger partial charge in [0.05, 0.1) is 0 Å². The van der Waals surface area contributed by atoms with Gasteiger partial charge in [0.2, 0.25) is 0 Å². The number of hydrogen-bond acceptors (Lipinski definition) is 4. The number of methoxy groups -OCH3 is 1. The first-order valence-corrected chi connectivity index (χ1v) is 4.17. The molecule has 1 aromatic rings. The van der Waals surface area contributed by atoms with Crippen molar-refractivity contribution in [1.29, 1.82) is 0 Å². The van der Waals surface area contributed by atoms with E-state index in [-0.39, 0.29) is 11.3 Å². The number of esters is 1. The molecule has 0 radical (unpaired) electrons. The van der Waals surface area contributed by atoms with Crippen LogP contribution in [-0.2, 0) is 9.47 Å². The molecular weight excluding hydrogens is 184 g/mol. The fourth-order valence-electron chi connectivity index (χ4n) is 0.909. The van der Waals surface area contributed by atoms with Crippen molar-refractivity contribution >= 4 is 5.97 Å². The molecule has 0 bridgehead atoms. The van der Waals surface area contributed by atoms with Gasteiger partial charge < -0.3 is 14.6 Å². The summed E-state index contributed by atoms with van der Waals surface area (Å²) in [6.07, 6.45) is -0.623. The zero-order valence-corrected chi connectivity index (χ0v) is 8.06. The van der Waals surface area contributed by atoms with Gasteiger partial charge in [0.25, 0.3) is 0 Å². The molecule has 0 aliphatic carbocycles. The first-order valence-electron chi connectivity index (χ1n) is 4.17. The number of para-hydroxylation sites is 1. The highest BCUT2D eigenvalue weighted by atomic mass is 16.7. The Hall–Kier alpha value is -1.55. The molecule has 14 heavy (non-hydrogen) atoms. The summed E-state index contributed by atoms with van der Waals surface area (Å²) < 4.78 is 9.60. The van der Waals surface area contributed by atoms with E-state index in [1.54, 1.807) is 19.1 Å². The smallest absolute Gasteiger partial charge is 0.344 e. The molecular formula is C10H12O4. The highest BCUT2D eigenvalue weighted by Gasteiger charge is 2.14. The fourth-order valence-corrected chi connectivity index (χ4v) is 0.909.